The first-order valence-electron chi connectivity index (χ1n) is 3.18. The highest BCUT2D eigenvalue weighted by atomic mass is 16.8. The minimum absolute atomic E-state index is 0.368. The van der Waals surface area contributed by atoms with Crippen LogP contribution in [0.25, 0.3) is 0 Å². The third kappa shape index (κ3) is 1.68. The number of ether oxygens (including phenoxy) is 2. The van der Waals surface area contributed by atoms with Gasteiger partial charge in [-0.05, 0) is 6.42 Å². The second-order valence-electron chi connectivity index (χ2n) is 2.26. The van der Waals surface area contributed by atoms with Crippen molar-refractivity contribution >= 4 is 5.97 Å². The summed E-state index contributed by atoms with van der Waals surface area (Å²) in [6.07, 6.45) is 1.09. The van der Waals surface area contributed by atoms with Gasteiger partial charge in [0.2, 0.25) is 0 Å². The Morgan fingerprint density at radius 2 is 2.50 bits per heavy atom. The van der Waals surface area contributed by atoms with Crippen molar-refractivity contribution in [2.24, 2.45) is 0 Å². The van der Waals surface area contributed by atoms with Crippen LogP contribution in [0.3, 0.4) is 0 Å². The molecule has 0 saturated carbocycles. The van der Waals surface area contributed by atoms with Crippen LogP contribution >= 0.6 is 0 Å². The Morgan fingerprint density at radius 3 is 2.90 bits per heavy atom. The van der Waals surface area contributed by atoms with Crippen molar-refractivity contribution in [1.29, 1.82) is 0 Å². The third-order valence-corrected chi connectivity index (χ3v) is 1.27. The fourth-order valence-corrected chi connectivity index (χ4v) is 0.904. The van der Waals surface area contributed by atoms with Crippen LogP contribution in [0.2, 0.25) is 0 Å². The summed E-state index contributed by atoms with van der Waals surface area (Å²) < 4.78 is 9.26. The molecule has 1 N–H and O–H groups in total. The Morgan fingerprint density at radius 1 is 1.80 bits per heavy atom. The van der Waals surface area contributed by atoms with Crippen LogP contribution in [-0.4, -0.2) is 23.7 Å². The predicted octanol–water partition coefficient (Wildman–Crippen LogP) is 0.00600. The highest BCUT2D eigenvalue weighted by Gasteiger charge is 2.35. The second kappa shape index (κ2) is 2.56. The monoisotopic (exact) mass is 146 g/mol. The lowest BCUT2D eigenvalue weighted by atomic mass is 10.3. The molecule has 1 aliphatic heterocycles. The van der Waals surface area contributed by atoms with Crippen LogP contribution in [-0.2, 0) is 14.3 Å². The molecule has 0 spiro atoms. The molecule has 58 valence electrons. The van der Waals surface area contributed by atoms with Gasteiger partial charge in [-0.1, -0.05) is 0 Å². The lowest BCUT2D eigenvalue weighted by Crippen LogP contribution is -2.32. The van der Waals surface area contributed by atoms with Gasteiger partial charge in [0.15, 0.2) is 0 Å². The Bertz CT molecular complexity index is 137. The fourth-order valence-electron chi connectivity index (χ4n) is 0.904. The van der Waals surface area contributed by atoms with Crippen LogP contribution in [0, 0.1) is 0 Å². The Kier molecular flexibility index (Phi) is 1.92. The van der Waals surface area contributed by atoms with Crippen LogP contribution in [0.4, 0.5) is 0 Å². The summed E-state index contributed by atoms with van der Waals surface area (Å²) in [6, 6.07) is 0. The fraction of sp³-hybridized carbons (Fsp3) is 0.833. The quantitative estimate of drug-likeness (QED) is 0.418. The Labute approximate surface area is 58.7 Å². The molecule has 4 nitrogen and oxygen atoms in total. The van der Waals surface area contributed by atoms with E-state index in [0.29, 0.717) is 13.0 Å². The lowest BCUT2D eigenvalue weighted by molar-refractivity contribution is -0.319. The standard InChI is InChI=1S/C6H10O4/c1-5(7)10-6(8)3-2-4-9-6/h8H,2-4H2,1H3. The van der Waals surface area contributed by atoms with Crippen molar-refractivity contribution in [2.75, 3.05) is 6.61 Å². The van der Waals surface area contributed by atoms with Gasteiger partial charge < -0.3 is 14.6 Å². The maximum atomic E-state index is 10.3. The van der Waals surface area contributed by atoms with Crippen molar-refractivity contribution in [1.82, 2.24) is 0 Å². The van der Waals surface area contributed by atoms with Crippen LogP contribution in [0.1, 0.15) is 19.8 Å². The molecule has 1 fully saturated rings. The van der Waals surface area contributed by atoms with Gasteiger partial charge in [0.05, 0.1) is 6.61 Å². The molecule has 0 amide bonds. The summed E-state index contributed by atoms with van der Waals surface area (Å²) in [6.45, 7) is 1.68. The molecular formula is C6H10O4. The minimum atomic E-state index is -1.63. The van der Waals surface area contributed by atoms with Crippen LogP contribution in [0.15, 0.2) is 0 Å². The maximum absolute atomic E-state index is 10.3. The molecular weight excluding hydrogens is 136 g/mol. The average Bonchev–Trinajstić information content (AvgIpc) is 2.12. The highest BCUT2D eigenvalue weighted by Crippen LogP contribution is 2.23. The molecule has 0 aromatic carbocycles. The molecule has 1 saturated heterocycles. The zero-order valence-corrected chi connectivity index (χ0v) is 5.79. The van der Waals surface area contributed by atoms with E-state index in [-0.39, 0.29) is 0 Å². The summed E-state index contributed by atoms with van der Waals surface area (Å²) in [5.74, 6) is -2.16. The normalized spacial score (nSPS) is 32.2. The average molecular weight is 146 g/mol. The molecule has 0 aliphatic carbocycles. The summed E-state index contributed by atoms with van der Waals surface area (Å²) in [7, 11) is 0. The van der Waals surface area contributed by atoms with Gasteiger partial charge in [-0.25, -0.2) is 0 Å². The van der Waals surface area contributed by atoms with Gasteiger partial charge in [0.25, 0.3) is 0 Å². The number of rotatable bonds is 1. The second-order valence-corrected chi connectivity index (χ2v) is 2.26. The van der Waals surface area contributed by atoms with E-state index in [1.165, 1.54) is 6.92 Å². The zero-order valence-electron chi connectivity index (χ0n) is 5.79. The van der Waals surface area contributed by atoms with Crippen molar-refractivity contribution in [3.63, 3.8) is 0 Å². The number of aliphatic hydroxyl groups is 1. The van der Waals surface area contributed by atoms with Crippen molar-refractivity contribution in [2.45, 2.75) is 25.7 Å². The van der Waals surface area contributed by atoms with Crippen molar-refractivity contribution in [3.05, 3.63) is 0 Å². The van der Waals surface area contributed by atoms with Gasteiger partial charge in [-0.15, -0.1) is 0 Å². The van der Waals surface area contributed by atoms with Gasteiger partial charge in [0, 0.05) is 13.3 Å². The molecule has 1 heterocycles. The molecule has 10 heavy (non-hydrogen) atoms. The highest BCUT2D eigenvalue weighted by molar-refractivity contribution is 5.66. The molecule has 4 heteroatoms. The number of carbonyl (C=O) groups is 1. The largest absolute Gasteiger partial charge is 0.408 e. The lowest BCUT2D eigenvalue weighted by Gasteiger charge is -2.19. The molecule has 0 aromatic heterocycles. The zero-order chi connectivity index (χ0) is 7.61. The first-order chi connectivity index (χ1) is 4.62. The van der Waals surface area contributed by atoms with Crippen molar-refractivity contribution < 1.29 is 19.4 Å². The molecule has 0 radical (unpaired) electrons. The van der Waals surface area contributed by atoms with E-state index in [4.69, 9.17) is 4.74 Å². The summed E-state index contributed by atoms with van der Waals surface area (Å²) in [5.41, 5.74) is 0. The number of hydrogen-bond donors (Lipinski definition) is 1. The van der Waals surface area contributed by atoms with E-state index in [0.717, 1.165) is 6.42 Å². The summed E-state index contributed by atoms with van der Waals surface area (Å²) in [5, 5.41) is 9.20. The number of esters is 1. The van der Waals surface area contributed by atoms with Gasteiger partial charge in [-0.2, -0.15) is 0 Å². The van der Waals surface area contributed by atoms with E-state index < -0.39 is 11.9 Å². The van der Waals surface area contributed by atoms with E-state index >= 15 is 0 Å². The summed E-state index contributed by atoms with van der Waals surface area (Å²) in [4.78, 5) is 10.3. The summed E-state index contributed by atoms with van der Waals surface area (Å²) >= 11 is 0. The molecule has 1 rings (SSSR count). The third-order valence-electron chi connectivity index (χ3n) is 1.27. The predicted molar refractivity (Wildman–Crippen MR) is 31.9 cm³/mol. The maximum Gasteiger partial charge on any atom is 0.326 e. The van der Waals surface area contributed by atoms with Crippen molar-refractivity contribution in [3.8, 4) is 0 Å². The molecule has 1 aliphatic rings. The Balaban J connectivity index is 2.43. The van der Waals surface area contributed by atoms with E-state index in [2.05, 4.69) is 4.74 Å². The van der Waals surface area contributed by atoms with Gasteiger partial charge in [-0.3, -0.25) is 4.79 Å². The van der Waals surface area contributed by atoms with E-state index in [1.54, 1.807) is 0 Å². The van der Waals surface area contributed by atoms with Crippen LogP contribution < -0.4 is 0 Å². The molecule has 0 aromatic rings. The van der Waals surface area contributed by atoms with Crippen LogP contribution in [0.5, 0.6) is 0 Å². The minimum Gasteiger partial charge on any atom is -0.408 e. The number of carbonyl (C=O) groups excluding carboxylic acids is 1. The first kappa shape index (κ1) is 7.50. The van der Waals surface area contributed by atoms with Gasteiger partial charge >= 0.3 is 11.9 Å². The molecule has 0 bridgehead atoms. The van der Waals surface area contributed by atoms with Gasteiger partial charge in [0.1, 0.15) is 0 Å². The SMILES string of the molecule is CC(=O)OC1(O)CCCO1. The number of hydrogen-bond acceptors (Lipinski definition) is 4. The van der Waals surface area contributed by atoms with E-state index in [9.17, 15) is 9.90 Å². The molecule has 1 atom stereocenters. The topological polar surface area (TPSA) is 55.8 Å². The molecule has 1 unspecified atom stereocenters. The smallest absolute Gasteiger partial charge is 0.326 e. The van der Waals surface area contributed by atoms with E-state index in [1.807, 2.05) is 0 Å². The first-order valence-corrected chi connectivity index (χ1v) is 3.18. The Hall–Kier alpha value is -0.610.